The van der Waals surface area contributed by atoms with Crippen LogP contribution in [-0.2, 0) is 11.2 Å². The fourth-order valence-electron chi connectivity index (χ4n) is 2.97. The highest BCUT2D eigenvalue weighted by atomic mass is 35.5. The lowest BCUT2D eigenvalue weighted by Crippen LogP contribution is -2.48. The first-order chi connectivity index (χ1) is 13.9. The molecule has 0 fully saturated rings. The molecule has 0 bridgehead atoms. The average Bonchev–Trinajstić information content (AvgIpc) is 3.15. The van der Waals surface area contributed by atoms with Crippen molar-refractivity contribution in [2.45, 2.75) is 32.4 Å². The van der Waals surface area contributed by atoms with Crippen LogP contribution in [0.5, 0.6) is 0 Å². The monoisotopic (exact) mass is 410 g/mol. The molecule has 2 unspecified atom stereocenters. The fourth-order valence-corrected chi connectivity index (χ4v) is 3.10. The minimum Gasteiger partial charge on any atom is -0.464 e. The Labute approximate surface area is 175 Å². The summed E-state index contributed by atoms with van der Waals surface area (Å²) in [5.74, 6) is 0.827. The summed E-state index contributed by atoms with van der Waals surface area (Å²) in [5.41, 5.74) is 1.39. The van der Waals surface area contributed by atoms with E-state index >= 15 is 0 Å². The predicted molar refractivity (Wildman–Crippen MR) is 113 cm³/mol. The van der Waals surface area contributed by atoms with E-state index in [0.717, 1.165) is 11.3 Å². The van der Waals surface area contributed by atoms with Gasteiger partial charge in [0.25, 0.3) is 5.91 Å². The molecule has 2 atom stereocenters. The zero-order valence-electron chi connectivity index (χ0n) is 16.3. The lowest BCUT2D eigenvalue weighted by molar-refractivity contribution is -0.123. The first-order valence-electron chi connectivity index (χ1n) is 9.39. The van der Waals surface area contributed by atoms with Crippen LogP contribution in [0.1, 0.15) is 40.4 Å². The van der Waals surface area contributed by atoms with Gasteiger partial charge in [-0.25, -0.2) is 0 Å². The van der Waals surface area contributed by atoms with Gasteiger partial charge in [-0.05, 0) is 55.8 Å². The van der Waals surface area contributed by atoms with E-state index in [1.807, 2.05) is 56.3 Å². The standard InChI is InChI=1S/C23H23ClN2O3/c1-15-8-13-21(29-15)16(2)25-23(28)20(14-17-6-4-3-5-7-17)26-22(27)18-9-11-19(24)12-10-18/h3-13,16,20H,14H2,1-2H3,(H,25,28)(H,26,27). The van der Waals surface area contributed by atoms with Crippen molar-refractivity contribution >= 4 is 23.4 Å². The van der Waals surface area contributed by atoms with Crippen molar-refractivity contribution < 1.29 is 14.0 Å². The number of nitrogens with one attached hydrogen (secondary N) is 2. The second-order valence-electron chi connectivity index (χ2n) is 6.90. The summed E-state index contributed by atoms with van der Waals surface area (Å²) in [5, 5.41) is 6.31. The van der Waals surface area contributed by atoms with E-state index in [0.29, 0.717) is 22.8 Å². The number of hydrogen-bond acceptors (Lipinski definition) is 3. The largest absolute Gasteiger partial charge is 0.464 e. The van der Waals surface area contributed by atoms with E-state index in [9.17, 15) is 9.59 Å². The summed E-state index contributed by atoms with van der Waals surface area (Å²) in [6, 6.07) is 18.7. The molecular weight excluding hydrogens is 388 g/mol. The number of carbonyl (C=O) groups excluding carboxylic acids is 2. The maximum atomic E-state index is 13.0. The fraction of sp³-hybridized carbons (Fsp3) is 0.217. The summed E-state index contributed by atoms with van der Waals surface area (Å²) in [6.45, 7) is 3.69. The Morgan fingerprint density at radius 3 is 2.28 bits per heavy atom. The Kier molecular flexibility index (Phi) is 6.73. The number of hydrogen-bond donors (Lipinski definition) is 2. The third-order valence-electron chi connectivity index (χ3n) is 4.56. The summed E-state index contributed by atoms with van der Waals surface area (Å²) in [6.07, 6.45) is 0.371. The van der Waals surface area contributed by atoms with E-state index < -0.39 is 6.04 Å². The molecule has 1 aromatic heterocycles. The van der Waals surface area contributed by atoms with Gasteiger partial charge in [-0.15, -0.1) is 0 Å². The molecule has 3 rings (SSSR count). The van der Waals surface area contributed by atoms with Gasteiger partial charge in [0, 0.05) is 17.0 Å². The first-order valence-corrected chi connectivity index (χ1v) is 9.77. The quantitative estimate of drug-likeness (QED) is 0.604. The van der Waals surface area contributed by atoms with Crippen molar-refractivity contribution in [1.29, 1.82) is 0 Å². The molecule has 2 N–H and O–H groups in total. The maximum Gasteiger partial charge on any atom is 0.251 e. The zero-order chi connectivity index (χ0) is 20.8. The van der Waals surface area contributed by atoms with Crippen LogP contribution in [0.25, 0.3) is 0 Å². The smallest absolute Gasteiger partial charge is 0.251 e. The van der Waals surface area contributed by atoms with Crippen LogP contribution in [0.15, 0.2) is 71.1 Å². The molecule has 0 aliphatic heterocycles. The molecule has 6 heteroatoms. The molecule has 1 heterocycles. The topological polar surface area (TPSA) is 71.3 Å². The molecule has 0 spiro atoms. The second-order valence-corrected chi connectivity index (χ2v) is 7.34. The summed E-state index contributed by atoms with van der Waals surface area (Å²) in [7, 11) is 0. The van der Waals surface area contributed by atoms with E-state index in [1.54, 1.807) is 24.3 Å². The molecule has 0 radical (unpaired) electrons. The molecule has 0 aliphatic carbocycles. The molecule has 0 saturated carbocycles. The normalized spacial score (nSPS) is 12.8. The molecular formula is C23H23ClN2O3. The SMILES string of the molecule is Cc1ccc(C(C)NC(=O)C(Cc2ccccc2)NC(=O)c2ccc(Cl)cc2)o1. The molecule has 2 aromatic carbocycles. The number of benzene rings is 2. The third kappa shape index (κ3) is 5.72. The summed E-state index contributed by atoms with van der Waals surface area (Å²) in [4.78, 5) is 25.6. The van der Waals surface area contributed by atoms with E-state index in [1.165, 1.54) is 0 Å². The van der Waals surface area contributed by atoms with Crippen LogP contribution in [0.3, 0.4) is 0 Å². The van der Waals surface area contributed by atoms with E-state index in [-0.39, 0.29) is 17.9 Å². The number of amides is 2. The lowest BCUT2D eigenvalue weighted by atomic mass is 10.0. The molecule has 0 saturated heterocycles. The van der Waals surface area contributed by atoms with Crippen molar-refractivity contribution in [2.24, 2.45) is 0 Å². The summed E-state index contributed by atoms with van der Waals surface area (Å²) < 4.78 is 5.59. The number of furan rings is 1. The van der Waals surface area contributed by atoms with Gasteiger partial charge in [0.2, 0.25) is 5.91 Å². The third-order valence-corrected chi connectivity index (χ3v) is 4.81. The van der Waals surface area contributed by atoms with Gasteiger partial charge in [-0.1, -0.05) is 41.9 Å². The molecule has 0 aliphatic rings. The van der Waals surface area contributed by atoms with Crippen LogP contribution >= 0.6 is 11.6 Å². The van der Waals surface area contributed by atoms with Gasteiger partial charge in [0.1, 0.15) is 17.6 Å². The molecule has 29 heavy (non-hydrogen) atoms. The molecule has 150 valence electrons. The maximum absolute atomic E-state index is 13.0. The van der Waals surface area contributed by atoms with Gasteiger partial charge in [-0.2, -0.15) is 0 Å². The second kappa shape index (κ2) is 9.43. The number of aryl methyl sites for hydroxylation is 1. The van der Waals surface area contributed by atoms with Crippen LogP contribution in [0.4, 0.5) is 0 Å². The Morgan fingerprint density at radius 1 is 0.966 bits per heavy atom. The highest BCUT2D eigenvalue weighted by molar-refractivity contribution is 6.30. The molecule has 3 aromatic rings. The van der Waals surface area contributed by atoms with Crippen molar-refractivity contribution in [2.75, 3.05) is 0 Å². The molecule has 2 amide bonds. The lowest BCUT2D eigenvalue weighted by Gasteiger charge is -2.21. The minimum atomic E-state index is -0.737. The Balaban J connectivity index is 1.75. The highest BCUT2D eigenvalue weighted by Gasteiger charge is 2.24. The average molecular weight is 411 g/mol. The van der Waals surface area contributed by atoms with Crippen molar-refractivity contribution in [3.05, 3.63) is 94.4 Å². The Morgan fingerprint density at radius 2 is 1.66 bits per heavy atom. The number of carbonyl (C=O) groups is 2. The van der Waals surface area contributed by atoms with Gasteiger partial charge in [0.05, 0.1) is 6.04 Å². The minimum absolute atomic E-state index is 0.280. The van der Waals surface area contributed by atoms with Crippen molar-refractivity contribution in [1.82, 2.24) is 10.6 Å². The van der Waals surface area contributed by atoms with E-state index in [2.05, 4.69) is 10.6 Å². The first kappa shape index (κ1) is 20.7. The van der Waals surface area contributed by atoms with Crippen LogP contribution in [0, 0.1) is 6.92 Å². The zero-order valence-corrected chi connectivity index (χ0v) is 17.1. The Bertz CT molecular complexity index is 967. The van der Waals surface area contributed by atoms with Gasteiger partial charge in [0.15, 0.2) is 0 Å². The Hall–Kier alpha value is -3.05. The number of halogens is 1. The van der Waals surface area contributed by atoms with Crippen LogP contribution in [-0.4, -0.2) is 17.9 Å². The van der Waals surface area contributed by atoms with Gasteiger partial charge < -0.3 is 15.1 Å². The van der Waals surface area contributed by atoms with Crippen LogP contribution < -0.4 is 10.6 Å². The predicted octanol–water partition coefficient (Wildman–Crippen LogP) is 4.46. The van der Waals surface area contributed by atoms with Gasteiger partial charge >= 0.3 is 0 Å². The van der Waals surface area contributed by atoms with Gasteiger partial charge in [-0.3, -0.25) is 9.59 Å². The summed E-state index contributed by atoms with van der Waals surface area (Å²) >= 11 is 5.89. The highest BCUT2D eigenvalue weighted by Crippen LogP contribution is 2.16. The molecule has 5 nitrogen and oxygen atoms in total. The van der Waals surface area contributed by atoms with Crippen molar-refractivity contribution in [3.8, 4) is 0 Å². The van der Waals surface area contributed by atoms with E-state index in [4.69, 9.17) is 16.0 Å². The van der Waals surface area contributed by atoms with Crippen molar-refractivity contribution in [3.63, 3.8) is 0 Å². The van der Waals surface area contributed by atoms with Crippen LogP contribution in [0.2, 0.25) is 5.02 Å². The number of rotatable bonds is 7.